The van der Waals surface area contributed by atoms with Gasteiger partial charge in [-0.15, -0.1) is 0 Å². The van der Waals surface area contributed by atoms with Gasteiger partial charge in [-0.3, -0.25) is 33.6 Å². The number of hydrogen-bond acceptors (Lipinski definition) is 30. The maximum Gasteiger partial charge on any atom is 0.330 e. The number of aliphatic carboxylic acids is 1. The first-order valence-electron chi connectivity index (χ1n) is 39.0. The topological polar surface area (TPSA) is 595 Å². The van der Waals surface area contributed by atoms with Crippen LogP contribution in [0.3, 0.4) is 0 Å². The standard InChI is InChI=1S/C82H90Cl3N11O27/c1-32(2)5-18-59(104)90-65-67(105)36-9-16-52(44(84)20-36)117-54-22-38-23-55(71(54)122-81-69(107)68(106)72(57(31-97)120-81)123-80-51(102)27-49(100)56(119-80)30-88-29-40-13-14-46(96-95-40)34-6-11-39(83)12-7-34)118-53-17-10-37(21-45(53)85)70(121-60-28-82(4,87)73(108)33(3)116-60)66-78(113)93-64(79(114)115)43-24-41(98)25-50(101)61(43)42-19-35(8-15-48(42)99)62(75(110)94-66)92-76(111)63(38)91-74(109)47(26-58(86)103)89-77(65)112/h6-17,19-25,32-33,47,49,51,56-57,60,62-70,72-73,80-81,88,97-102,105-108H,5,18,26-31,87H2,1-4H3,(H2,86,103)(H,89,112)(H,90,104)(H,91,109)(H,92,111)(H,93,113)(H,94,110)(H,114,115)/t33-,47-,49+,51+,56+,57+,60?,62+,63+,64+,65+,66-,67+,68+,69+,70+,72+,73-,80?,81-,82-/m0/s1. The number of amides is 7. The minimum atomic E-state index is -2.40. The normalized spacial score (nSPS) is 29.2. The van der Waals surface area contributed by atoms with Crippen molar-refractivity contribution in [2.24, 2.45) is 17.4 Å². The monoisotopic (exact) mass is 1770 g/mol. The van der Waals surface area contributed by atoms with Crippen LogP contribution in [0.1, 0.15) is 124 Å². The van der Waals surface area contributed by atoms with Gasteiger partial charge >= 0.3 is 5.97 Å². The number of aromatic nitrogens is 2. The quantitative estimate of drug-likeness (QED) is 0.0553. The van der Waals surface area contributed by atoms with E-state index in [4.69, 9.17) is 84.2 Å². The van der Waals surface area contributed by atoms with Crippen LogP contribution in [0.2, 0.25) is 15.1 Å². The van der Waals surface area contributed by atoms with Crippen LogP contribution in [0.25, 0.3) is 22.4 Å². The number of aliphatic hydroxyl groups is 7. The van der Waals surface area contributed by atoms with Gasteiger partial charge in [0.05, 0.1) is 58.9 Å². The van der Waals surface area contributed by atoms with Crippen LogP contribution in [0.5, 0.6) is 46.0 Å². The van der Waals surface area contributed by atoms with Gasteiger partial charge < -0.3 is 143 Å². The number of hydrogen-bond donors (Lipinski definition) is 20. The molecule has 1 aromatic heterocycles. The summed E-state index contributed by atoms with van der Waals surface area (Å²) >= 11 is 20.5. The minimum absolute atomic E-state index is 0.0435. The van der Waals surface area contributed by atoms with Gasteiger partial charge in [-0.25, -0.2) is 4.79 Å². The van der Waals surface area contributed by atoms with Crippen LogP contribution in [0.15, 0.2) is 115 Å². The summed E-state index contributed by atoms with van der Waals surface area (Å²) in [7, 11) is 0. The molecule has 21 atom stereocenters. The summed E-state index contributed by atoms with van der Waals surface area (Å²) in [6.07, 6.45) is -25.7. The fourth-order valence-corrected chi connectivity index (χ4v) is 15.7. The summed E-state index contributed by atoms with van der Waals surface area (Å²) in [6.45, 7) is 5.57. The van der Waals surface area contributed by atoms with Crippen molar-refractivity contribution < 1.29 is 132 Å². The number of nitrogens with two attached hydrogens (primary N) is 2. The average molecular weight is 1770 g/mol. The van der Waals surface area contributed by atoms with Crippen LogP contribution in [0.4, 0.5) is 0 Å². The molecule has 7 amide bonds. The molecule has 9 heterocycles. The van der Waals surface area contributed by atoms with Crippen LogP contribution in [0, 0.1) is 5.92 Å². The van der Waals surface area contributed by atoms with Gasteiger partial charge in [-0.05, 0) is 127 Å². The van der Waals surface area contributed by atoms with E-state index in [2.05, 4.69) is 47.4 Å². The van der Waals surface area contributed by atoms with Crippen molar-refractivity contribution in [1.82, 2.24) is 47.4 Å². The van der Waals surface area contributed by atoms with Gasteiger partial charge in [0.25, 0.3) is 0 Å². The number of ether oxygens (including phenoxy) is 8. The van der Waals surface area contributed by atoms with Crippen molar-refractivity contribution in [3.05, 3.63) is 164 Å². The molecule has 11 bridgehead atoms. The summed E-state index contributed by atoms with van der Waals surface area (Å²) in [5.74, 6) is -16.2. The van der Waals surface area contributed by atoms with Crippen LogP contribution in [-0.4, -0.2) is 224 Å². The number of nitrogens with zero attached hydrogens (tertiary/aromatic N) is 2. The lowest BCUT2D eigenvalue weighted by molar-refractivity contribution is -0.338. The molecule has 3 fully saturated rings. The van der Waals surface area contributed by atoms with E-state index >= 15 is 19.2 Å². The smallest absolute Gasteiger partial charge is 0.330 e. The summed E-state index contributed by atoms with van der Waals surface area (Å²) < 4.78 is 51.4. The number of nitrogens with one attached hydrogen (secondary N) is 7. The van der Waals surface area contributed by atoms with E-state index in [0.29, 0.717) is 16.4 Å². The number of halogens is 3. The van der Waals surface area contributed by atoms with E-state index in [0.717, 1.165) is 66.2 Å². The molecule has 22 N–H and O–H groups in total. The number of carbonyl (C=O) groups excluding carboxylic acids is 7. The molecule has 656 valence electrons. The third-order valence-electron chi connectivity index (χ3n) is 21.7. The second-order valence-electron chi connectivity index (χ2n) is 31.3. The molecule has 0 spiro atoms. The first kappa shape index (κ1) is 90.0. The Hall–Kier alpha value is -10.7. The number of carboxylic acid groups (broad SMARTS) is 1. The lowest BCUT2D eigenvalue weighted by Crippen LogP contribution is -2.63. The molecular weight excluding hydrogens is 1680 g/mol. The Balaban J connectivity index is 0.954. The maximum absolute atomic E-state index is 16.4. The number of aromatic hydroxyl groups is 3. The zero-order valence-electron chi connectivity index (χ0n) is 65.9. The van der Waals surface area contributed by atoms with Crippen molar-refractivity contribution in [2.75, 3.05) is 13.2 Å². The van der Waals surface area contributed by atoms with Crippen LogP contribution < -0.4 is 62.9 Å². The molecule has 123 heavy (non-hydrogen) atoms. The van der Waals surface area contributed by atoms with Crippen LogP contribution >= 0.6 is 34.8 Å². The zero-order chi connectivity index (χ0) is 88.5. The molecule has 15 rings (SSSR count). The number of phenols is 3. The van der Waals surface area contributed by atoms with E-state index in [-0.39, 0.29) is 72.2 Å². The van der Waals surface area contributed by atoms with Gasteiger partial charge in [-0.2, -0.15) is 10.2 Å². The van der Waals surface area contributed by atoms with Gasteiger partial charge in [0, 0.05) is 71.2 Å². The molecule has 41 heteroatoms. The molecule has 6 aromatic carbocycles. The molecule has 38 nitrogen and oxygen atoms in total. The highest BCUT2D eigenvalue weighted by Crippen LogP contribution is 2.50. The Bertz CT molecular complexity index is 5160. The number of rotatable bonds is 19. The molecule has 0 aliphatic carbocycles. The highest BCUT2D eigenvalue weighted by molar-refractivity contribution is 6.32. The van der Waals surface area contributed by atoms with Gasteiger partial charge in [0.1, 0.15) is 102 Å². The van der Waals surface area contributed by atoms with E-state index in [1.807, 2.05) is 13.8 Å². The summed E-state index contributed by atoms with van der Waals surface area (Å²) in [5, 5.41) is 154. The Morgan fingerprint density at radius 3 is 1.96 bits per heavy atom. The number of carbonyl (C=O) groups is 8. The highest BCUT2D eigenvalue weighted by Gasteiger charge is 2.52. The largest absolute Gasteiger partial charge is 0.508 e. The Labute approximate surface area is 715 Å². The zero-order valence-corrected chi connectivity index (χ0v) is 68.2. The number of carboxylic acids is 1. The van der Waals surface area contributed by atoms with Gasteiger partial charge in [0.15, 0.2) is 30.1 Å². The fraction of sp³-hybridized carbons (Fsp3) is 0.415. The third kappa shape index (κ3) is 20.2. The second-order valence-corrected chi connectivity index (χ2v) is 32.6. The number of phenolic OH excluding ortho intramolecular Hbond substituents is 3. The summed E-state index contributed by atoms with van der Waals surface area (Å²) in [5.41, 5.74) is 9.91. The van der Waals surface area contributed by atoms with E-state index in [1.165, 1.54) is 32.0 Å². The second kappa shape index (κ2) is 37.8. The lowest BCUT2D eigenvalue weighted by Gasteiger charge is -2.45. The molecule has 8 aliphatic heterocycles. The molecule has 0 radical (unpaired) electrons. The van der Waals surface area contributed by atoms with Crippen molar-refractivity contribution >= 4 is 82.1 Å². The van der Waals surface area contributed by atoms with E-state index in [1.54, 1.807) is 36.4 Å². The Kier molecular flexibility index (Phi) is 27.6. The molecule has 2 unspecified atom stereocenters. The average Bonchev–Trinajstić information content (AvgIpc) is 0.762. The molecule has 3 saturated heterocycles. The van der Waals surface area contributed by atoms with Gasteiger partial charge in [0.2, 0.25) is 53.4 Å². The number of benzene rings is 6. The van der Waals surface area contributed by atoms with Gasteiger partial charge in [-0.1, -0.05) is 79.0 Å². The van der Waals surface area contributed by atoms with Crippen molar-refractivity contribution in [3.8, 4) is 68.4 Å². The number of aliphatic hydroxyl groups excluding tert-OH is 7. The predicted octanol–water partition coefficient (Wildman–Crippen LogP) is 2.67. The van der Waals surface area contributed by atoms with Crippen molar-refractivity contribution in [3.63, 3.8) is 0 Å². The highest BCUT2D eigenvalue weighted by atomic mass is 35.5. The maximum atomic E-state index is 16.4. The number of fused-ring (bicyclic) bond motifs is 15. The predicted molar refractivity (Wildman–Crippen MR) is 429 cm³/mol. The third-order valence-corrected chi connectivity index (χ3v) is 22.5. The van der Waals surface area contributed by atoms with E-state index < -0.39 is 256 Å². The first-order valence-corrected chi connectivity index (χ1v) is 40.1. The Morgan fingerprint density at radius 1 is 0.667 bits per heavy atom. The molecule has 8 aliphatic rings. The lowest BCUT2D eigenvalue weighted by atomic mass is 9.86. The molecule has 7 aromatic rings. The fourth-order valence-electron chi connectivity index (χ4n) is 15.1. The summed E-state index contributed by atoms with van der Waals surface area (Å²) in [4.78, 5) is 119. The van der Waals surface area contributed by atoms with Crippen LogP contribution in [-0.2, 0) is 68.6 Å². The van der Waals surface area contributed by atoms with Crippen molar-refractivity contribution in [2.45, 2.75) is 194 Å². The molecular formula is C82H90Cl3N11O27. The van der Waals surface area contributed by atoms with Crippen molar-refractivity contribution in [1.29, 1.82) is 0 Å². The minimum Gasteiger partial charge on any atom is -0.508 e. The summed E-state index contributed by atoms with van der Waals surface area (Å²) in [6, 6.07) is 10.8. The Morgan fingerprint density at radius 2 is 1.32 bits per heavy atom. The van der Waals surface area contributed by atoms with E-state index in [9.17, 15) is 75.3 Å². The first-order chi connectivity index (χ1) is 58.4. The SMILES string of the molecule is CC(C)CCC(=O)N[C@H]1C(=O)N[C@@H](CC(N)=O)C(=O)N[C@H]2C(=O)N[C@H]3C(=O)N[C@H](C(=O)N[C@@H](C(=O)O)c4cc(O)cc(O)c4-c4cc3ccc4O)[C@H](OC3C[C@](C)(N)[C@@H](O)[C@H](C)O3)c3ccc(c(Cl)c3)Oc3cc2cc(c3O[C@@H]2O[C@H](CO)[C@@H](OC3O[C@H](CNCc4ccc(-c5ccc(Cl)cc5)nn4)[C@H](O)C[C@H]3O)[C@H](O)[C@H]2O)Oc2ccc(cc2Cl)[C@H]1O. The number of primary amides is 1. The molecule has 0 saturated carbocycles.